The zero-order valence-corrected chi connectivity index (χ0v) is 11.5. The molecule has 0 unspecified atom stereocenters. The van der Waals surface area contributed by atoms with Crippen LogP contribution >= 0.6 is 23.2 Å². The number of anilines is 1. The molecule has 2 heterocycles. The van der Waals surface area contributed by atoms with E-state index in [1.807, 2.05) is 47.2 Å². The van der Waals surface area contributed by atoms with Crippen LogP contribution < -0.4 is 5.32 Å². The Balaban J connectivity index is 1.82. The van der Waals surface area contributed by atoms with E-state index in [0.29, 0.717) is 16.6 Å². The van der Waals surface area contributed by atoms with Crippen LogP contribution in [-0.2, 0) is 6.54 Å². The first-order valence-corrected chi connectivity index (χ1v) is 6.60. The van der Waals surface area contributed by atoms with Gasteiger partial charge in [-0.2, -0.15) is 5.10 Å². The quantitative estimate of drug-likeness (QED) is 0.781. The van der Waals surface area contributed by atoms with Crippen LogP contribution in [0.4, 0.5) is 5.69 Å². The van der Waals surface area contributed by atoms with Gasteiger partial charge in [-0.3, -0.25) is 0 Å². The first-order valence-electron chi connectivity index (χ1n) is 5.84. The second-order valence-electron chi connectivity index (χ2n) is 4.18. The summed E-state index contributed by atoms with van der Waals surface area (Å²) in [5.74, 6) is 0. The molecule has 96 valence electrons. The van der Waals surface area contributed by atoms with Gasteiger partial charge in [-0.05, 0) is 30.3 Å². The van der Waals surface area contributed by atoms with Crippen LogP contribution in [0.15, 0.2) is 48.8 Å². The molecule has 3 nitrogen and oxygen atoms in total. The Kier molecular flexibility index (Phi) is 3.32. The molecule has 0 aliphatic rings. The number of halogens is 2. The van der Waals surface area contributed by atoms with E-state index in [1.165, 1.54) is 0 Å². The lowest BCUT2D eigenvalue weighted by molar-refractivity contribution is 0.961. The highest BCUT2D eigenvalue weighted by Gasteiger charge is 2.05. The summed E-state index contributed by atoms with van der Waals surface area (Å²) in [6, 6.07) is 11.4. The molecule has 0 fully saturated rings. The number of benzene rings is 1. The highest BCUT2D eigenvalue weighted by atomic mass is 35.5. The minimum atomic E-state index is 0.615. The van der Waals surface area contributed by atoms with Crippen molar-refractivity contribution in [3.63, 3.8) is 0 Å². The van der Waals surface area contributed by atoms with Crippen molar-refractivity contribution in [3.05, 3.63) is 64.4 Å². The van der Waals surface area contributed by atoms with E-state index >= 15 is 0 Å². The van der Waals surface area contributed by atoms with Crippen LogP contribution in [0.2, 0.25) is 10.0 Å². The van der Waals surface area contributed by atoms with E-state index in [-0.39, 0.29) is 0 Å². The van der Waals surface area contributed by atoms with Crippen LogP contribution in [0, 0.1) is 0 Å². The van der Waals surface area contributed by atoms with E-state index in [9.17, 15) is 0 Å². The monoisotopic (exact) mass is 291 g/mol. The predicted octanol–water partition coefficient (Wildman–Crippen LogP) is 4.25. The van der Waals surface area contributed by atoms with Crippen molar-refractivity contribution in [1.29, 1.82) is 0 Å². The highest BCUT2D eigenvalue weighted by Crippen LogP contribution is 2.26. The number of hydrogen-bond acceptors (Lipinski definition) is 2. The fraction of sp³-hybridized carbons (Fsp3) is 0.0714. The Hall–Kier alpha value is -1.71. The molecule has 19 heavy (non-hydrogen) atoms. The molecular weight excluding hydrogens is 281 g/mol. The van der Waals surface area contributed by atoms with Crippen LogP contribution in [0.25, 0.3) is 5.52 Å². The maximum Gasteiger partial charge on any atom is 0.0711 e. The summed E-state index contributed by atoms with van der Waals surface area (Å²) in [6.07, 6.45) is 3.78. The molecule has 0 atom stereocenters. The number of pyridine rings is 1. The molecule has 2 aromatic heterocycles. The average molecular weight is 292 g/mol. The standard InChI is InChI=1S/C14H11Cl2N3/c15-11-4-5-13(12(16)7-11)17-8-10-9-18-19-6-2-1-3-14(10)19/h1-7,9,17H,8H2. The largest absolute Gasteiger partial charge is 0.380 e. The van der Waals surface area contributed by atoms with Gasteiger partial charge in [0.2, 0.25) is 0 Å². The third-order valence-corrected chi connectivity index (χ3v) is 3.45. The van der Waals surface area contributed by atoms with E-state index in [1.54, 1.807) is 6.07 Å². The topological polar surface area (TPSA) is 29.3 Å². The molecule has 3 rings (SSSR count). The number of rotatable bonds is 3. The van der Waals surface area contributed by atoms with Gasteiger partial charge in [0.25, 0.3) is 0 Å². The first-order chi connectivity index (χ1) is 9.24. The van der Waals surface area contributed by atoms with Gasteiger partial charge in [0.15, 0.2) is 0 Å². The number of aromatic nitrogens is 2. The smallest absolute Gasteiger partial charge is 0.0711 e. The molecule has 1 N–H and O–H groups in total. The van der Waals surface area contributed by atoms with E-state index in [4.69, 9.17) is 23.2 Å². The fourth-order valence-corrected chi connectivity index (χ4v) is 2.42. The van der Waals surface area contributed by atoms with Crippen LogP contribution in [0.3, 0.4) is 0 Å². The Morgan fingerprint density at radius 3 is 2.89 bits per heavy atom. The van der Waals surface area contributed by atoms with Crippen LogP contribution in [0.5, 0.6) is 0 Å². The van der Waals surface area contributed by atoms with Crippen molar-refractivity contribution in [2.75, 3.05) is 5.32 Å². The van der Waals surface area contributed by atoms with Crippen molar-refractivity contribution in [1.82, 2.24) is 9.61 Å². The maximum absolute atomic E-state index is 6.12. The lowest BCUT2D eigenvalue weighted by Crippen LogP contribution is -1.99. The zero-order valence-electron chi connectivity index (χ0n) is 9.98. The fourth-order valence-electron chi connectivity index (χ4n) is 1.95. The van der Waals surface area contributed by atoms with Gasteiger partial charge in [-0.25, -0.2) is 4.52 Å². The summed E-state index contributed by atoms with van der Waals surface area (Å²) >= 11 is 12.0. The maximum atomic E-state index is 6.12. The number of nitrogens with one attached hydrogen (secondary N) is 1. The number of hydrogen-bond donors (Lipinski definition) is 1. The third kappa shape index (κ3) is 2.53. The first kappa shape index (κ1) is 12.3. The molecule has 0 aliphatic carbocycles. The normalized spacial score (nSPS) is 10.8. The minimum Gasteiger partial charge on any atom is -0.380 e. The van der Waals surface area contributed by atoms with Gasteiger partial charge in [0, 0.05) is 23.3 Å². The molecule has 0 aliphatic heterocycles. The van der Waals surface area contributed by atoms with Gasteiger partial charge in [-0.1, -0.05) is 29.3 Å². The predicted molar refractivity (Wildman–Crippen MR) is 79.0 cm³/mol. The Morgan fingerprint density at radius 2 is 2.05 bits per heavy atom. The second-order valence-corrected chi connectivity index (χ2v) is 5.02. The summed E-state index contributed by atoms with van der Waals surface area (Å²) < 4.78 is 1.85. The minimum absolute atomic E-state index is 0.615. The van der Waals surface area contributed by atoms with E-state index in [0.717, 1.165) is 16.8 Å². The van der Waals surface area contributed by atoms with Crippen molar-refractivity contribution in [2.45, 2.75) is 6.54 Å². The molecule has 0 amide bonds. The zero-order chi connectivity index (χ0) is 13.2. The number of nitrogens with zero attached hydrogens (tertiary/aromatic N) is 2. The van der Waals surface area contributed by atoms with Gasteiger partial charge in [-0.15, -0.1) is 0 Å². The Bertz CT molecular complexity index is 722. The summed E-state index contributed by atoms with van der Waals surface area (Å²) in [5.41, 5.74) is 3.06. The molecular formula is C14H11Cl2N3. The second kappa shape index (κ2) is 5.11. The summed E-state index contributed by atoms with van der Waals surface area (Å²) in [4.78, 5) is 0. The van der Waals surface area contributed by atoms with Crippen molar-refractivity contribution >= 4 is 34.4 Å². The van der Waals surface area contributed by atoms with E-state index < -0.39 is 0 Å². The average Bonchev–Trinajstić information content (AvgIpc) is 2.81. The molecule has 1 aromatic carbocycles. The summed E-state index contributed by atoms with van der Waals surface area (Å²) in [5, 5.41) is 8.83. The molecule has 0 spiro atoms. The lowest BCUT2D eigenvalue weighted by Gasteiger charge is -2.07. The highest BCUT2D eigenvalue weighted by molar-refractivity contribution is 6.36. The van der Waals surface area contributed by atoms with E-state index in [2.05, 4.69) is 10.4 Å². The Labute approximate surface area is 120 Å². The van der Waals surface area contributed by atoms with Gasteiger partial charge >= 0.3 is 0 Å². The number of fused-ring (bicyclic) bond motifs is 1. The summed E-state index contributed by atoms with van der Waals surface area (Å²) in [6.45, 7) is 0.662. The van der Waals surface area contributed by atoms with Crippen LogP contribution in [0.1, 0.15) is 5.56 Å². The van der Waals surface area contributed by atoms with Gasteiger partial charge < -0.3 is 5.32 Å². The molecule has 0 saturated carbocycles. The van der Waals surface area contributed by atoms with Gasteiger partial charge in [0.05, 0.1) is 22.4 Å². The summed E-state index contributed by atoms with van der Waals surface area (Å²) in [7, 11) is 0. The molecule has 5 heteroatoms. The SMILES string of the molecule is Clc1ccc(NCc2cnn3ccccc23)c(Cl)c1. The Morgan fingerprint density at radius 1 is 1.16 bits per heavy atom. The third-order valence-electron chi connectivity index (χ3n) is 2.91. The van der Waals surface area contributed by atoms with Crippen molar-refractivity contribution in [3.8, 4) is 0 Å². The van der Waals surface area contributed by atoms with Crippen molar-refractivity contribution in [2.24, 2.45) is 0 Å². The van der Waals surface area contributed by atoms with Gasteiger partial charge in [0.1, 0.15) is 0 Å². The molecule has 0 bridgehead atoms. The van der Waals surface area contributed by atoms with Crippen LogP contribution in [-0.4, -0.2) is 9.61 Å². The molecule has 3 aromatic rings. The lowest BCUT2D eigenvalue weighted by atomic mass is 10.2. The molecule has 0 radical (unpaired) electrons. The molecule has 0 saturated heterocycles. The van der Waals surface area contributed by atoms with Crippen molar-refractivity contribution < 1.29 is 0 Å².